The number of hydrogen-bond acceptors (Lipinski definition) is 4. The van der Waals surface area contributed by atoms with E-state index in [2.05, 4.69) is 17.9 Å². The number of carboxylic acids is 1. The fourth-order valence-corrected chi connectivity index (χ4v) is 3.23. The van der Waals surface area contributed by atoms with Gasteiger partial charge in [0.05, 0.1) is 20.1 Å². The zero-order valence-corrected chi connectivity index (χ0v) is 13.5. The van der Waals surface area contributed by atoms with E-state index in [4.69, 9.17) is 14.6 Å². The molecule has 1 atom stereocenters. The van der Waals surface area contributed by atoms with Gasteiger partial charge in [-0.2, -0.15) is 0 Å². The molecule has 122 valence electrons. The van der Waals surface area contributed by atoms with Crippen LogP contribution < -0.4 is 9.47 Å². The van der Waals surface area contributed by atoms with E-state index in [0.29, 0.717) is 12.8 Å². The van der Waals surface area contributed by atoms with Gasteiger partial charge in [-0.1, -0.05) is 13.0 Å². The number of nitrogens with zero attached hydrogens (tertiary/aromatic N) is 1. The second-order valence-corrected chi connectivity index (χ2v) is 5.68. The van der Waals surface area contributed by atoms with Crippen molar-refractivity contribution in [3.63, 3.8) is 0 Å². The Morgan fingerprint density at radius 3 is 2.50 bits per heavy atom. The van der Waals surface area contributed by atoms with Crippen LogP contribution in [0.25, 0.3) is 0 Å². The Labute approximate surface area is 131 Å². The lowest BCUT2D eigenvalue weighted by atomic mass is 9.93. The Morgan fingerprint density at radius 1 is 1.32 bits per heavy atom. The number of hydrogen-bond donors (Lipinski definition) is 1. The van der Waals surface area contributed by atoms with Gasteiger partial charge < -0.3 is 14.6 Å². The van der Waals surface area contributed by atoms with Crippen molar-refractivity contribution in [1.82, 2.24) is 4.90 Å². The van der Waals surface area contributed by atoms with Gasteiger partial charge in [0.25, 0.3) is 0 Å². The highest BCUT2D eigenvalue weighted by molar-refractivity contribution is 5.70. The average molecular weight is 307 g/mol. The monoisotopic (exact) mass is 307 g/mol. The van der Waals surface area contributed by atoms with Crippen LogP contribution >= 0.6 is 0 Å². The summed E-state index contributed by atoms with van der Waals surface area (Å²) in [6.45, 7) is 3.77. The van der Waals surface area contributed by atoms with Gasteiger partial charge in [0.2, 0.25) is 0 Å². The normalized spacial score (nSPS) is 18.0. The molecule has 1 unspecified atom stereocenters. The van der Waals surface area contributed by atoms with E-state index in [1.807, 2.05) is 12.1 Å². The van der Waals surface area contributed by atoms with Gasteiger partial charge in [-0.25, -0.2) is 0 Å². The molecule has 1 fully saturated rings. The van der Waals surface area contributed by atoms with Crippen LogP contribution in [0.15, 0.2) is 18.2 Å². The molecular weight excluding hydrogens is 282 g/mol. The molecular formula is C17H25NO4. The molecule has 22 heavy (non-hydrogen) atoms. The van der Waals surface area contributed by atoms with E-state index in [-0.39, 0.29) is 12.0 Å². The van der Waals surface area contributed by atoms with Gasteiger partial charge in [0.1, 0.15) is 11.5 Å². The van der Waals surface area contributed by atoms with Crippen molar-refractivity contribution >= 4 is 5.97 Å². The van der Waals surface area contributed by atoms with Crippen molar-refractivity contribution in [3.8, 4) is 11.5 Å². The van der Waals surface area contributed by atoms with Gasteiger partial charge in [-0.3, -0.25) is 9.69 Å². The minimum absolute atomic E-state index is 0.202. The SMILES string of the molecule is CCC(c1ccc(OC)cc1OC)N1CCC(C(=O)O)CC1. The molecule has 1 saturated heterocycles. The van der Waals surface area contributed by atoms with Crippen LogP contribution in [0.4, 0.5) is 0 Å². The van der Waals surface area contributed by atoms with Crippen LogP contribution in [0, 0.1) is 5.92 Å². The predicted molar refractivity (Wildman–Crippen MR) is 84.5 cm³/mol. The van der Waals surface area contributed by atoms with Gasteiger partial charge in [-0.05, 0) is 38.4 Å². The molecule has 0 saturated carbocycles. The number of carbonyl (C=O) groups is 1. The Bertz CT molecular complexity index is 509. The molecule has 5 heteroatoms. The first-order valence-electron chi connectivity index (χ1n) is 7.79. The molecule has 0 spiro atoms. The van der Waals surface area contributed by atoms with E-state index < -0.39 is 5.97 Å². The number of ether oxygens (including phenoxy) is 2. The second kappa shape index (κ2) is 7.49. The van der Waals surface area contributed by atoms with E-state index in [0.717, 1.165) is 36.6 Å². The third kappa shape index (κ3) is 3.53. The zero-order chi connectivity index (χ0) is 16.1. The van der Waals surface area contributed by atoms with Crippen LogP contribution in [0.1, 0.15) is 37.8 Å². The Hall–Kier alpha value is -1.75. The molecule has 1 N–H and O–H groups in total. The molecule has 1 heterocycles. The molecule has 0 aliphatic carbocycles. The molecule has 1 aromatic carbocycles. The Balaban J connectivity index is 2.17. The lowest BCUT2D eigenvalue weighted by Crippen LogP contribution is -2.38. The minimum atomic E-state index is -0.672. The Morgan fingerprint density at radius 2 is 2.00 bits per heavy atom. The highest BCUT2D eigenvalue weighted by atomic mass is 16.5. The summed E-state index contributed by atoms with van der Waals surface area (Å²) in [5, 5.41) is 9.12. The summed E-state index contributed by atoms with van der Waals surface area (Å²) in [5.74, 6) is 0.729. The van der Waals surface area contributed by atoms with E-state index in [1.54, 1.807) is 14.2 Å². The fraction of sp³-hybridized carbons (Fsp3) is 0.588. The lowest BCUT2D eigenvalue weighted by Gasteiger charge is -2.36. The molecule has 1 aliphatic rings. The molecule has 0 bridgehead atoms. The number of likely N-dealkylation sites (tertiary alicyclic amines) is 1. The van der Waals surface area contributed by atoms with Crippen LogP contribution in [0.2, 0.25) is 0 Å². The van der Waals surface area contributed by atoms with Crippen molar-refractivity contribution in [1.29, 1.82) is 0 Å². The topological polar surface area (TPSA) is 59.0 Å². The first-order chi connectivity index (χ1) is 10.6. The summed E-state index contributed by atoms with van der Waals surface area (Å²) in [6, 6.07) is 6.15. The van der Waals surface area contributed by atoms with Crippen LogP contribution in [0.5, 0.6) is 11.5 Å². The molecule has 0 radical (unpaired) electrons. The van der Waals surface area contributed by atoms with Crippen molar-refractivity contribution in [2.75, 3.05) is 27.3 Å². The van der Waals surface area contributed by atoms with Gasteiger partial charge in [-0.15, -0.1) is 0 Å². The van der Waals surface area contributed by atoms with Crippen molar-refractivity contribution in [2.45, 2.75) is 32.2 Å². The lowest BCUT2D eigenvalue weighted by molar-refractivity contribution is -0.143. The number of carboxylic acid groups (broad SMARTS) is 1. The molecule has 0 amide bonds. The standard InChI is InChI=1S/C17H25NO4/c1-4-15(18-9-7-12(8-10-18)17(19)20)14-6-5-13(21-2)11-16(14)22-3/h5-6,11-12,15H,4,7-10H2,1-3H3,(H,19,20). The molecule has 1 aliphatic heterocycles. The summed E-state index contributed by atoms with van der Waals surface area (Å²) >= 11 is 0. The summed E-state index contributed by atoms with van der Waals surface area (Å²) in [6.07, 6.45) is 2.38. The molecule has 2 rings (SSSR count). The fourth-order valence-electron chi connectivity index (χ4n) is 3.23. The largest absolute Gasteiger partial charge is 0.497 e. The quantitative estimate of drug-likeness (QED) is 0.875. The second-order valence-electron chi connectivity index (χ2n) is 5.68. The number of aliphatic carboxylic acids is 1. The summed E-state index contributed by atoms with van der Waals surface area (Å²) in [5.41, 5.74) is 1.14. The van der Waals surface area contributed by atoms with Gasteiger partial charge >= 0.3 is 5.97 Å². The maximum Gasteiger partial charge on any atom is 0.306 e. The van der Waals surface area contributed by atoms with Crippen molar-refractivity contribution < 1.29 is 19.4 Å². The summed E-state index contributed by atoms with van der Waals surface area (Å²) in [4.78, 5) is 13.5. The van der Waals surface area contributed by atoms with Gasteiger partial charge in [0, 0.05) is 17.7 Å². The first kappa shape index (κ1) is 16.6. The van der Waals surface area contributed by atoms with Crippen molar-refractivity contribution in [3.05, 3.63) is 23.8 Å². The number of piperidine rings is 1. The predicted octanol–water partition coefficient (Wildman–Crippen LogP) is 2.95. The highest BCUT2D eigenvalue weighted by Crippen LogP contribution is 2.36. The van der Waals surface area contributed by atoms with Crippen LogP contribution in [-0.2, 0) is 4.79 Å². The smallest absolute Gasteiger partial charge is 0.306 e. The van der Waals surface area contributed by atoms with Gasteiger partial charge in [0.15, 0.2) is 0 Å². The zero-order valence-electron chi connectivity index (χ0n) is 13.5. The maximum absolute atomic E-state index is 11.1. The number of rotatable bonds is 6. The first-order valence-corrected chi connectivity index (χ1v) is 7.79. The third-order valence-corrected chi connectivity index (χ3v) is 4.51. The van der Waals surface area contributed by atoms with E-state index in [1.165, 1.54) is 0 Å². The molecule has 1 aromatic rings. The maximum atomic E-state index is 11.1. The molecule has 5 nitrogen and oxygen atoms in total. The van der Waals surface area contributed by atoms with Crippen molar-refractivity contribution in [2.24, 2.45) is 5.92 Å². The minimum Gasteiger partial charge on any atom is -0.497 e. The van der Waals surface area contributed by atoms with Crippen LogP contribution in [0.3, 0.4) is 0 Å². The molecule has 0 aromatic heterocycles. The summed E-state index contributed by atoms with van der Waals surface area (Å²) < 4.78 is 10.8. The highest BCUT2D eigenvalue weighted by Gasteiger charge is 2.29. The number of methoxy groups -OCH3 is 2. The average Bonchev–Trinajstić information content (AvgIpc) is 2.56. The van der Waals surface area contributed by atoms with Crippen LogP contribution in [-0.4, -0.2) is 43.3 Å². The summed E-state index contributed by atoms with van der Waals surface area (Å²) in [7, 11) is 3.31. The Kier molecular flexibility index (Phi) is 5.66. The van der Waals surface area contributed by atoms with E-state index >= 15 is 0 Å². The third-order valence-electron chi connectivity index (χ3n) is 4.51. The van der Waals surface area contributed by atoms with E-state index in [9.17, 15) is 4.79 Å². The number of benzene rings is 1.